The minimum atomic E-state index is -3.49. The number of halogens is 1. The number of sulfonamides is 1. The summed E-state index contributed by atoms with van der Waals surface area (Å²) in [6.07, 6.45) is 1.60. The first-order valence-corrected chi connectivity index (χ1v) is 8.44. The van der Waals surface area contributed by atoms with Crippen molar-refractivity contribution in [3.63, 3.8) is 0 Å². The fraction of sp³-hybridized carbons (Fsp3) is 0.500. The van der Waals surface area contributed by atoms with Gasteiger partial charge in [0, 0.05) is 19.1 Å². The van der Waals surface area contributed by atoms with E-state index in [0.717, 1.165) is 12.8 Å². The van der Waals surface area contributed by atoms with E-state index in [1.807, 2.05) is 0 Å². The fourth-order valence-electron chi connectivity index (χ4n) is 2.47. The zero-order chi connectivity index (χ0) is 15.5. The molecule has 1 unspecified atom stereocenters. The highest BCUT2D eigenvalue weighted by Gasteiger charge is 2.28. The van der Waals surface area contributed by atoms with Gasteiger partial charge in [-0.05, 0) is 24.5 Å². The fourth-order valence-corrected chi connectivity index (χ4v) is 4.12. The molecule has 1 aliphatic rings. The van der Waals surface area contributed by atoms with Crippen molar-refractivity contribution in [3.8, 4) is 0 Å². The molecule has 0 radical (unpaired) electrons. The average molecular weight is 349 g/mol. The molecule has 1 aliphatic heterocycles. The summed E-state index contributed by atoms with van der Waals surface area (Å²) in [6, 6.07) is 6.47. The molecule has 8 heteroatoms. The Hall–Kier alpha value is -1.15. The second kappa shape index (κ2) is 7.92. The summed E-state index contributed by atoms with van der Waals surface area (Å²) in [6.45, 7) is 0.819. The third-order valence-corrected chi connectivity index (χ3v) is 5.37. The SMILES string of the molecule is COC(=O)c1ccccc1CS(=O)(=O)N1CCCC(N)C1.Cl. The van der Waals surface area contributed by atoms with E-state index in [-0.39, 0.29) is 29.8 Å². The maximum absolute atomic E-state index is 12.5. The van der Waals surface area contributed by atoms with Gasteiger partial charge in [0.15, 0.2) is 0 Å². The zero-order valence-electron chi connectivity index (χ0n) is 12.4. The van der Waals surface area contributed by atoms with Crippen molar-refractivity contribution in [1.82, 2.24) is 4.31 Å². The van der Waals surface area contributed by atoms with Gasteiger partial charge in [-0.2, -0.15) is 0 Å². The molecule has 22 heavy (non-hydrogen) atoms. The van der Waals surface area contributed by atoms with Gasteiger partial charge in [-0.15, -0.1) is 12.4 Å². The highest BCUT2D eigenvalue weighted by molar-refractivity contribution is 7.88. The molecule has 2 rings (SSSR count). The number of hydrogen-bond acceptors (Lipinski definition) is 5. The summed E-state index contributed by atoms with van der Waals surface area (Å²) in [5.74, 6) is -0.749. The van der Waals surface area contributed by atoms with Crippen molar-refractivity contribution in [1.29, 1.82) is 0 Å². The number of methoxy groups -OCH3 is 1. The summed E-state index contributed by atoms with van der Waals surface area (Å²) >= 11 is 0. The first-order chi connectivity index (χ1) is 9.94. The molecule has 1 fully saturated rings. The number of hydrogen-bond donors (Lipinski definition) is 1. The van der Waals surface area contributed by atoms with E-state index in [9.17, 15) is 13.2 Å². The molecule has 1 aromatic carbocycles. The second-order valence-electron chi connectivity index (χ2n) is 5.17. The molecule has 6 nitrogen and oxygen atoms in total. The Balaban J connectivity index is 0.00000242. The second-order valence-corrected chi connectivity index (χ2v) is 7.13. The molecule has 0 bridgehead atoms. The van der Waals surface area contributed by atoms with E-state index in [4.69, 9.17) is 5.73 Å². The van der Waals surface area contributed by atoms with E-state index in [1.165, 1.54) is 11.4 Å². The number of rotatable bonds is 4. The Morgan fingerprint density at radius 1 is 1.41 bits per heavy atom. The van der Waals surface area contributed by atoms with Crippen LogP contribution in [0.4, 0.5) is 0 Å². The zero-order valence-corrected chi connectivity index (χ0v) is 14.0. The summed E-state index contributed by atoms with van der Waals surface area (Å²) in [5.41, 5.74) is 6.56. The van der Waals surface area contributed by atoms with Crippen molar-refractivity contribution in [2.45, 2.75) is 24.6 Å². The number of nitrogens with two attached hydrogens (primary N) is 1. The van der Waals surface area contributed by atoms with Crippen LogP contribution in [-0.2, 0) is 20.5 Å². The van der Waals surface area contributed by atoms with Gasteiger partial charge >= 0.3 is 5.97 Å². The van der Waals surface area contributed by atoms with Crippen molar-refractivity contribution < 1.29 is 17.9 Å². The Labute approximate surface area is 137 Å². The van der Waals surface area contributed by atoms with Crippen molar-refractivity contribution >= 4 is 28.4 Å². The predicted octanol–water partition coefficient (Wildman–Crippen LogP) is 1.15. The standard InChI is InChI=1S/C14H20N2O4S.ClH/c1-20-14(17)13-7-3-2-5-11(13)10-21(18,19)16-8-4-6-12(15)9-16;/h2-3,5,7,12H,4,6,8-10,15H2,1H3;1H. The highest BCUT2D eigenvalue weighted by atomic mass is 35.5. The van der Waals surface area contributed by atoms with Crippen LogP contribution in [0, 0.1) is 0 Å². The predicted molar refractivity (Wildman–Crippen MR) is 86.4 cm³/mol. The van der Waals surface area contributed by atoms with Gasteiger partial charge in [-0.1, -0.05) is 18.2 Å². The van der Waals surface area contributed by atoms with Crippen LogP contribution in [-0.4, -0.2) is 44.9 Å². The van der Waals surface area contributed by atoms with Gasteiger partial charge < -0.3 is 10.5 Å². The van der Waals surface area contributed by atoms with Crippen LogP contribution in [0.5, 0.6) is 0 Å². The summed E-state index contributed by atoms with van der Waals surface area (Å²) in [4.78, 5) is 11.7. The lowest BCUT2D eigenvalue weighted by molar-refractivity contribution is 0.0600. The van der Waals surface area contributed by atoms with Crippen LogP contribution >= 0.6 is 12.4 Å². The molecular formula is C14H21ClN2O4S. The van der Waals surface area contributed by atoms with Crippen LogP contribution < -0.4 is 5.73 Å². The quantitative estimate of drug-likeness (QED) is 0.824. The van der Waals surface area contributed by atoms with E-state index in [1.54, 1.807) is 24.3 Å². The maximum Gasteiger partial charge on any atom is 0.338 e. The number of carbonyl (C=O) groups excluding carboxylic acids is 1. The third-order valence-electron chi connectivity index (χ3n) is 3.57. The first kappa shape index (κ1) is 18.9. The lowest BCUT2D eigenvalue weighted by Gasteiger charge is -2.30. The average Bonchev–Trinajstić information content (AvgIpc) is 2.46. The van der Waals surface area contributed by atoms with Gasteiger partial charge in [-0.3, -0.25) is 0 Å². The van der Waals surface area contributed by atoms with Crippen molar-refractivity contribution in [2.24, 2.45) is 5.73 Å². The minimum Gasteiger partial charge on any atom is -0.465 e. The number of carbonyl (C=O) groups is 1. The topological polar surface area (TPSA) is 89.7 Å². The van der Waals surface area contributed by atoms with E-state index in [0.29, 0.717) is 18.7 Å². The Morgan fingerprint density at radius 3 is 2.73 bits per heavy atom. The number of benzene rings is 1. The molecule has 0 spiro atoms. The van der Waals surface area contributed by atoms with E-state index < -0.39 is 16.0 Å². The molecule has 124 valence electrons. The minimum absolute atomic E-state index is 0. The van der Waals surface area contributed by atoms with Gasteiger partial charge in [-0.25, -0.2) is 17.5 Å². The molecule has 1 atom stereocenters. The Bertz CT molecular complexity index is 621. The molecule has 0 saturated carbocycles. The maximum atomic E-state index is 12.5. The monoisotopic (exact) mass is 348 g/mol. The van der Waals surface area contributed by atoms with E-state index in [2.05, 4.69) is 4.74 Å². The first-order valence-electron chi connectivity index (χ1n) is 6.83. The van der Waals surface area contributed by atoms with Crippen LogP contribution in [0.3, 0.4) is 0 Å². The number of ether oxygens (including phenoxy) is 1. The summed E-state index contributed by atoms with van der Waals surface area (Å²) < 4.78 is 31.1. The van der Waals surface area contributed by atoms with Crippen LogP contribution in [0.2, 0.25) is 0 Å². The third kappa shape index (κ3) is 4.42. The van der Waals surface area contributed by atoms with E-state index >= 15 is 0 Å². The van der Waals surface area contributed by atoms with Gasteiger partial charge in [0.2, 0.25) is 10.0 Å². The number of nitrogens with zero attached hydrogens (tertiary/aromatic N) is 1. The molecule has 1 saturated heterocycles. The number of piperidine rings is 1. The summed E-state index contributed by atoms with van der Waals surface area (Å²) in [5, 5.41) is 0. The smallest absolute Gasteiger partial charge is 0.338 e. The molecule has 1 aromatic rings. The highest BCUT2D eigenvalue weighted by Crippen LogP contribution is 2.19. The molecule has 0 aliphatic carbocycles. The largest absolute Gasteiger partial charge is 0.465 e. The van der Waals surface area contributed by atoms with Gasteiger partial charge in [0.25, 0.3) is 0 Å². The molecule has 0 amide bonds. The Morgan fingerprint density at radius 2 is 2.09 bits per heavy atom. The number of esters is 1. The molecule has 1 heterocycles. The van der Waals surface area contributed by atoms with Crippen LogP contribution in [0.25, 0.3) is 0 Å². The molecular weight excluding hydrogens is 328 g/mol. The lowest BCUT2D eigenvalue weighted by Crippen LogP contribution is -2.46. The summed E-state index contributed by atoms with van der Waals surface area (Å²) in [7, 11) is -2.21. The normalized spacial score (nSPS) is 19.3. The van der Waals surface area contributed by atoms with Gasteiger partial charge in [0.05, 0.1) is 18.4 Å². The van der Waals surface area contributed by atoms with Crippen molar-refractivity contribution in [3.05, 3.63) is 35.4 Å². The van der Waals surface area contributed by atoms with Crippen LogP contribution in [0.1, 0.15) is 28.8 Å². The Kier molecular flexibility index (Phi) is 6.80. The van der Waals surface area contributed by atoms with Crippen LogP contribution in [0.15, 0.2) is 24.3 Å². The van der Waals surface area contributed by atoms with Crippen molar-refractivity contribution in [2.75, 3.05) is 20.2 Å². The lowest BCUT2D eigenvalue weighted by atomic mass is 10.1. The molecule has 0 aromatic heterocycles. The molecule has 2 N–H and O–H groups in total. The van der Waals surface area contributed by atoms with Gasteiger partial charge in [0.1, 0.15) is 0 Å².